The zero-order valence-electron chi connectivity index (χ0n) is 14.8. The van der Waals surface area contributed by atoms with E-state index in [0.29, 0.717) is 5.56 Å². The van der Waals surface area contributed by atoms with Crippen molar-refractivity contribution in [2.45, 2.75) is 13.5 Å². The Bertz CT molecular complexity index is 820. The van der Waals surface area contributed by atoms with Crippen LogP contribution in [0.15, 0.2) is 63.3 Å². The Morgan fingerprint density at radius 2 is 1.85 bits per heavy atom. The molecule has 2 aromatic carbocycles. The highest BCUT2D eigenvalue weighted by atomic mass is 79.9. The van der Waals surface area contributed by atoms with Gasteiger partial charge in [-0.15, -0.1) is 0 Å². The lowest BCUT2D eigenvalue weighted by Gasteiger charge is -2.12. The predicted molar refractivity (Wildman–Crippen MR) is 105 cm³/mol. The van der Waals surface area contributed by atoms with Gasteiger partial charge in [0.05, 0.1) is 5.71 Å². The number of likely N-dealkylation sites (N-methyl/N-ethyl adjacent to an activating group) is 1. The Morgan fingerprint density at radius 1 is 1.12 bits per heavy atom. The van der Waals surface area contributed by atoms with Crippen molar-refractivity contribution in [3.63, 3.8) is 0 Å². The first kappa shape index (κ1) is 19.7. The highest BCUT2D eigenvalue weighted by molar-refractivity contribution is 9.10. The fraction of sp³-hybridized carbons (Fsp3) is 0.211. The van der Waals surface area contributed by atoms with E-state index in [1.165, 1.54) is 14.2 Å². The van der Waals surface area contributed by atoms with Gasteiger partial charge in [-0.2, -0.15) is 0 Å². The van der Waals surface area contributed by atoms with Gasteiger partial charge in [-0.25, -0.2) is 0 Å². The first-order valence-electron chi connectivity index (χ1n) is 7.91. The Balaban J connectivity index is 2.27. The monoisotopic (exact) mass is 417 g/mol. The SMILES string of the molecule is CNC(=O)/C(=N/OC)c1cccc(Br)c1CO/N=C(\C)c1ccccc1. The molecule has 0 aromatic heterocycles. The van der Waals surface area contributed by atoms with Gasteiger partial charge in [-0.3, -0.25) is 4.79 Å². The molecule has 0 bridgehead atoms. The maximum Gasteiger partial charge on any atom is 0.273 e. The minimum atomic E-state index is -0.352. The van der Waals surface area contributed by atoms with Crippen LogP contribution >= 0.6 is 15.9 Å². The smallest absolute Gasteiger partial charge is 0.273 e. The van der Waals surface area contributed by atoms with Crippen LogP contribution in [0.3, 0.4) is 0 Å². The molecule has 1 amide bonds. The number of halogens is 1. The van der Waals surface area contributed by atoms with Crippen molar-refractivity contribution >= 4 is 33.3 Å². The second-order valence-corrected chi connectivity index (χ2v) is 6.14. The topological polar surface area (TPSA) is 72.3 Å². The van der Waals surface area contributed by atoms with E-state index in [1.807, 2.05) is 49.4 Å². The van der Waals surface area contributed by atoms with Gasteiger partial charge in [0.15, 0.2) is 5.71 Å². The van der Waals surface area contributed by atoms with Crippen LogP contribution in [0.2, 0.25) is 0 Å². The molecule has 0 aliphatic rings. The fourth-order valence-corrected chi connectivity index (χ4v) is 2.76. The Labute approximate surface area is 161 Å². The minimum absolute atomic E-state index is 0.165. The highest BCUT2D eigenvalue weighted by Gasteiger charge is 2.19. The fourth-order valence-electron chi connectivity index (χ4n) is 2.28. The molecule has 136 valence electrons. The molecule has 1 N–H and O–H groups in total. The molecule has 0 atom stereocenters. The maximum absolute atomic E-state index is 12.1. The molecule has 0 saturated heterocycles. The number of benzene rings is 2. The minimum Gasteiger partial charge on any atom is -0.398 e. The lowest BCUT2D eigenvalue weighted by Crippen LogP contribution is -2.29. The van der Waals surface area contributed by atoms with E-state index in [0.717, 1.165) is 21.3 Å². The van der Waals surface area contributed by atoms with E-state index >= 15 is 0 Å². The number of carbonyl (C=O) groups is 1. The van der Waals surface area contributed by atoms with Crippen molar-refractivity contribution < 1.29 is 14.5 Å². The average molecular weight is 418 g/mol. The number of amides is 1. The van der Waals surface area contributed by atoms with Crippen molar-refractivity contribution in [1.82, 2.24) is 5.32 Å². The van der Waals surface area contributed by atoms with Crippen LogP contribution < -0.4 is 5.32 Å². The normalized spacial score (nSPS) is 11.8. The lowest BCUT2D eigenvalue weighted by molar-refractivity contribution is -0.114. The number of nitrogens with one attached hydrogen (secondary N) is 1. The molecule has 0 unspecified atom stereocenters. The van der Waals surface area contributed by atoms with Crippen LogP contribution in [0.4, 0.5) is 0 Å². The highest BCUT2D eigenvalue weighted by Crippen LogP contribution is 2.23. The summed E-state index contributed by atoms with van der Waals surface area (Å²) >= 11 is 3.49. The van der Waals surface area contributed by atoms with Gasteiger partial charge in [0.1, 0.15) is 13.7 Å². The maximum atomic E-state index is 12.1. The van der Waals surface area contributed by atoms with E-state index in [9.17, 15) is 4.79 Å². The second-order valence-electron chi connectivity index (χ2n) is 5.28. The third kappa shape index (κ3) is 4.92. The molecule has 0 saturated carbocycles. The summed E-state index contributed by atoms with van der Waals surface area (Å²) < 4.78 is 0.787. The third-order valence-corrected chi connectivity index (χ3v) is 4.34. The van der Waals surface area contributed by atoms with E-state index in [2.05, 4.69) is 31.6 Å². The molecule has 2 aromatic rings. The van der Waals surface area contributed by atoms with Crippen molar-refractivity contribution in [2.75, 3.05) is 14.2 Å². The summed E-state index contributed by atoms with van der Waals surface area (Å²) in [7, 11) is 2.93. The van der Waals surface area contributed by atoms with Crippen LogP contribution in [-0.2, 0) is 21.1 Å². The van der Waals surface area contributed by atoms with Crippen molar-refractivity contribution in [3.8, 4) is 0 Å². The first-order chi connectivity index (χ1) is 12.6. The number of hydrogen-bond donors (Lipinski definition) is 1. The molecule has 0 heterocycles. The van der Waals surface area contributed by atoms with Crippen LogP contribution in [0.25, 0.3) is 0 Å². The van der Waals surface area contributed by atoms with Gasteiger partial charge in [-0.1, -0.05) is 68.7 Å². The van der Waals surface area contributed by atoms with E-state index in [-0.39, 0.29) is 18.2 Å². The molecule has 0 fully saturated rings. The molecule has 2 rings (SSSR count). The van der Waals surface area contributed by atoms with E-state index in [4.69, 9.17) is 9.68 Å². The van der Waals surface area contributed by atoms with Gasteiger partial charge in [0, 0.05) is 22.6 Å². The van der Waals surface area contributed by atoms with Gasteiger partial charge < -0.3 is 15.0 Å². The summed E-state index contributed by atoms with van der Waals surface area (Å²) in [6, 6.07) is 15.2. The second kappa shape index (κ2) is 9.72. The number of nitrogens with zero attached hydrogens (tertiary/aromatic N) is 2. The number of hydrogen-bond acceptors (Lipinski definition) is 5. The van der Waals surface area contributed by atoms with E-state index in [1.54, 1.807) is 6.07 Å². The molecule has 0 radical (unpaired) electrons. The summed E-state index contributed by atoms with van der Waals surface area (Å²) in [5, 5.41) is 10.6. The lowest BCUT2D eigenvalue weighted by atomic mass is 10.0. The molecule has 26 heavy (non-hydrogen) atoms. The molecule has 0 aliphatic carbocycles. The largest absolute Gasteiger partial charge is 0.398 e. The van der Waals surface area contributed by atoms with Crippen molar-refractivity contribution in [2.24, 2.45) is 10.3 Å². The summed E-state index contributed by atoms with van der Waals surface area (Å²) in [5.74, 6) is -0.352. The van der Waals surface area contributed by atoms with Gasteiger partial charge >= 0.3 is 0 Å². The molecule has 7 heteroatoms. The van der Waals surface area contributed by atoms with Gasteiger partial charge in [0.2, 0.25) is 0 Å². The Kier molecular flexibility index (Phi) is 7.35. The summed E-state index contributed by atoms with van der Waals surface area (Å²) in [6.07, 6.45) is 0. The molecular weight excluding hydrogens is 398 g/mol. The van der Waals surface area contributed by atoms with Crippen LogP contribution in [0.5, 0.6) is 0 Å². The quantitative estimate of drug-likeness (QED) is 0.553. The zero-order valence-corrected chi connectivity index (χ0v) is 16.4. The number of rotatable bonds is 7. The standard InChI is InChI=1S/C19H20BrN3O3/c1-13(14-8-5-4-6-9-14)22-26-12-16-15(10-7-11-17(16)20)18(23-25-3)19(24)21-2/h4-11H,12H2,1-3H3,(H,21,24)/b22-13+,23-18+. The molecule has 0 spiro atoms. The molecular formula is C19H20BrN3O3. The summed E-state index contributed by atoms with van der Waals surface area (Å²) in [5.41, 5.74) is 3.26. The average Bonchev–Trinajstić information content (AvgIpc) is 2.67. The third-order valence-electron chi connectivity index (χ3n) is 3.60. The predicted octanol–water partition coefficient (Wildman–Crippen LogP) is 3.49. The Morgan fingerprint density at radius 3 is 2.50 bits per heavy atom. The van der Waals surface area contributed by atoms with Gasteiger partial charge in [0.25, 0.3) is 5.91 Å². The van der Waals surface area contributed by atoms with Crippen LogP contribution in [-0.4, -0.2) is 31.5 Å². The van der Waals surface area contributed by atoms with Crippen molar-refractivity contribution in [3.05, 3.63) is 69.7 Å². The van der Waals surface area contributed by atoms with Crippen molar-refractivity contribution in [1.29, 1.82) is 0 Å². The number of oxime groups is 2. The summed E-state index contributed by atoms with van der Waals surface area (Å²) in [4.78, 5) is 22.5. The molecule has 0 aliphatic heterocycles. The van der Waals surface area contributed by atoms with Crippen LogP contribution in [0.1, 0.15) is 23.6 Å². The zero-order chi connectivity index (χ0) is 18.9. The molecule has 6 nitrogen and oxygen atoms in total. The first-order valence-corrected chi connectivity index (χ1v) is 8.70. The van der Waals surface area contributed by atoms with Crippen LogP contribution in [0, 0.1) is 0 Å². The Hall–Kier alpha value is -2.67. The summed E-state index contributed by atoms with van der Waals surface area (Å²) in [6.45, 7) is 2.04. The number of carbonyl (C=O) groups excluding carboxylic acids is 1. The van der Waals surface area contributed by atoms with Gasteiger partial charge in [-0.05, 0) is 18.6 Å². The van der Waals surface area contributed by atoms with E-state index < -0.39 is 0 Å².